The van der Waals surface area contributed by atoms with Crippen LogP contribution in [0.25, 0.3) is 0 Å². The fourth-order valence-corrected chi connectivity index (χ4v) is 5.83. The van der Waals surface area contributed by atoms with Gasteiger partial charge in [-0.15, -0.1) is 0 Å². The van der Waals surface area contributed by atoms with E-state index in [0.29, 0.717) is 31.9 Å². The Kier molecular flexibility index (Phi) is 9.05. The Labute approximate surface area is 226 Å². The van der Waals surface area contributed by atoms with Crippen LogP contribution in [-0.2, 0) is 14.3 Å². The number of hydrogen-bond donors (Lipinski definition) is 0. The molecule has 2 aliphatic heterocycles. The molecule has 2 fully saturated rings. The lowest BCUT2D eigenvalue weighted by Gasteiger charge is -2.36. The summed E-state index contributed by atoms with van der Waals surface area (Å²) in [5.74, 6) is -0.195. The van der Waals surface area contributed by atoms with Crippen LogP contribution in [0.1, 0.15) is 57.6 Å². The van der Waals surface area contributed by atoms with Gasteiger partial charge in [0.05, 0.1) is 13.7 Å². The monoisotopic (exact) mass is 520 g/mol. The van der Waals surface area contributed by atoms with Gasteiger partial charge in [0.2, 0.25) is 5.91 Å². The molecule has 4 rings (SSSR count). The number of fused-ring (bicyclic) bond motifs is 1. The Balaban J connectivity index is 1.67. The molecule has 0 spiro atoms. The number of nitrogens with zero attached hydrogens (tertiary/aromatic N) is 4. The molecule has 8 nitrogen and oxygen atoms in total. The van der Waals surface area contributed by atoms with Crippen LogP contribution < -0.4 is 4.90 Å². The number of anilines is 1. The van der Waals surface area contributed by atoms with Gasteiger partial charge in [-0.2, -0.15) is 0 Å². The molecule has 1 saturated carbocycles. The molecular weight excluding hydrogens is 480 g/mol. The molecule has 1 atom stereocenters. The van der Waals surface area contributed by atoms with Crippen molar-refractivity contribution < 1.29 is 19.1 Å². The van der Waals surface area contributed by atoms with Gasteiger partial charge in [0.25, 0.3) is 5.91 Å². The van der Waals surface area contributed by atoms with E-state index in [2.05, 4.69) is 6.58 Å². The zero-order valence-corrected chi connectivity index (χ0v) is 22.9. The van der Waals surface area contributed by atoms with Gasteiger partial charge >= 0.3 is 6.09 Å². The van der Waals surface area contributed by atoms with Crippen molar-refractivity contribution in [3.05, 3.63) is 65.9 Å². The quantitative estimate of drug-likeness (QED) is 0.489. The summed E-state index contributed by atoms with van der Waals surface area (Å²) in [5, 5.41) is 0. The molecule has 3 aliphatic rings. The number of carbonyl (C=O) groups excluding carboxylic acids is 3. The summed E-state index contributed by atoms with van der Waals surface area (Å²) < 4.78 is 4.84. The molecule has 1 unspecified atom stereocenters. The predicted octanol–water partition coefficient (Wildman–Crippen LogP) is 4.66. The van der Waals surface area contributed by atoms with Crippen molar-refractivity contribution in [3.8, 4) is 0 Å². The van der Waals surface area contributed by atoms with Crippen LogP contribution in [0.3, 0.4) is 0 Å². The van der Waals surface area contributed by atoms with Gasteiger partial charge in [0.1, 0.15) is 6.04 Å². The smallest absolute Gasteiger partial charge is 0.409 e. The normalized spacial score (nSPS) is 21.1. The lowest BCUT2D eigenvalue weighted by Crippen LogP contribution is -2.52. The molecule has 2 heterocycles. The lowest BCUT2D eigenvalue weighted by atomic mass is 9.94. The molecule has 1 aromatic carbocycles. The van der Waals surface area contributed by atoms with Gasteiger partial charge in [-0.1, -0.05) is 55.7 Å². The van der Waals surface area contributed by atoms with Crippen LogP contribution >= 0.6 is 0 Å². The number of allylic oxidation sites excluding steroid dienone is 4. The first kappa shape index (κ1) is 27.6. The van der Waals surface area contributed by atoms with E-state index in [9.17, 15) is 14.4 Å². The second-order valence-electron chi connectivity index (χ2n) is 10.4. The molecule has 0 aromatic heterocycles. The Hall–Kier alpha value is -3.39. The molecule has 8 heteroatoms. The third-order valence-electron chi connectivity index (χ3n) is 7.60. The fraction of sp³-hybridized carbons (Fsp3) is 0.500. The van der Waals surface area contributed by atoms with E-state index in [1.54, 1.807) is 9.80 Å². The number of amides is 3. The summed E-state index contributed by atoms with van der Waals surface area (Å²) in [6, 6.07) is 7.31. The Morgan fingerprint density at radius 1 is 1.11 bits per heavy atom. The van der Waals surface area contributed by atoms with E-state index in [-0.39, 0.29) is 30.5 Å². The Morgan fingerprint density at radius 3 is 2.42 bits per heavy atom. The zero-order valence-electron chi connectivity index (χ0n) is 22.9. The minimum absolute atomic E-state index is 0.0425. The first-order chi connectivity index (χ1) is 18.3. The van der Waals surface area contributed by atoms with Crippen molar-refractivity contribution in [1.29, 1.82) is 0 Å². The molecule has 1 saturated heterocycles. The number of carbonyl (C=O) groups is 3. The van der Waals surface area contributed by atoms with Crippen molar-refractivity contribution in [2.24, 2.45) is 0 Å². The molecule has 0 radical (unpaired) electrons. The highest BCUT2D eigenvalue weighted by Gasteiger charge is 2.46. The molecule has 0 bridgehead atoms. The van der Waals surface area contributed by atoms with E-state index in [4.69, 9.17) is 4.74 Å². The van der Waals surface area contributed by atoms with Gasteiger partial charge in [0, 0.05) is 49.2 Å². The van der Waals surface area contributed by atoms with Crippen molar-refractivity contribution in [2.45, 2.75) is 58.0 Å². The van der Waals surface area contributed by atoms with E-state index in [0.717, 1.165) is 42.5 Å². The van der Waals surface area contributed by atoms with Crippen molar-refractivity contribution in [1.82, 2.24) is 14.7 Å². The topological polar surface area (TPSA) is 73.4 Å². The summed E-state index contributed by atoms with van der Waals surface area (Å²) in [4.78, 5) is 47.6. The summed E-state index contributed by atoms with van der Waals surface area (Å²) in [5.41, 5.74) is 3.22. The van der Waals surface area contributed by atoms with Crippen LogP contribution in [0.15, 0.2) is 60.3 Å². The average molecular weight is 521 g/mol. The van der Waals surface area contributed by atoms with E-state index >= 15 is 0 Å². The van der Waals surface area contributed by atoms with E-state index in [1.807, 2.05) is 66.1 Å². The minimum Gasteiger partial charge on any atom is -0.453 e. The maximum atomic E-state index is 14.2. The number of rotatable bonds is 7. The molecule has 1 aromatic rings. The summed E-state index contributed by atoms with van der Waals surface area (Å²) in [6.45, 7) is 10.1. The Morgan fingerprint density at radius 2 is 1.79 bits per heavy atom. The maximum Gasteiger partial charge on any atom is 0.409 e. The highest BCUT2D eigenvalue weighted by Crippen LogP contribution is 2.44. The number of hydrogen-bond acceptors (Lipinski definition) is 5. The number of methoxy groups -OCH3 is 1. The van der Waals surface area contributed by atoms with Crippen molar-refractivity contribution in [2.75, 3.05) is 44.7 Å². The number of piperazine rings is 1. The van der Waals surface area contributed by atoms with Crippen LogP contribution in [-0.4, -0.2) is 78.5 Å². The van der Waals surface area contributed by atoms with E-state index in [1.165, 1.54) is 13.5 Å². The first-order valence-electron chi connectivity index (χ1n) is 13.6. The Bertz CT molecular complexity index is 1110. The van der Waals surface area contributed by atoms with Gasteiger partial charge in [-0.3, -0.25) is 19.4 Å². The third kappa shape index (κ3) is 5.85. The molecule has 3 amide bonds. The highest BCUT2D eigenvalue weighted by atomic mass is 16.5. The summed E-state index contributed by atoms with van der Waals surface area (Å²) >= 11 is 0. The maximum absolute atomic E-state index is 14.2. The fourth-order valence-electron chi connectivity index (χ4n) is 5.83. The molecule has 204 valence electrons. The van der Waals surface area contributed by atoms with Crippen LogP contribution in [0.4, 0.5) is 10.5 Å². The molecule has 0 N–H and O–H groups in total. The standard InChI is InChI=1S/C30H40N4O4/c1-5-11-24(20-22(2)3)34(27(35)21-31-16-18-32(19-17-31)30(37)38-4)28-25-14-9-10-15-26(25)33(29(28)36)23-12-7-6-8-13-23/h5,9-11,14-15,20,23,28H,2,6-8,12-13,16-19,21H2,1,3-4H3/b11-5-,24-20+. The van der Waals surface area contributed by atoms with Gasteiger partial charge in [-0.25, -0.2) is 4.79 Å². The van der Waals surface area contributed by atoms with E-state index < -0.39 is 6.04 Å². The van der Waals surface area contributed by atoms with Gasteiger partial charge in [-0.05, 0) is 44.9 Å². The number of para-hydroxylation sites is 1. The zero-order chi connectivity index (χ0) is 27.2. The molecule has 1 aliphatic carbocycles. The first-order valence-corrected chi connectivity index (χ1v) is 13.6. The summed E-state index contributed by atoms with van der Waals surface area (Å²) in [7, 11) is 1.37. The molecular formula is C30H40N4O4. The van der Waals surface area contributed by atoms with Gasteiger partial charge in [0.15, 0.2) is 0 Å². The average Bonchev–Trinajstić information content (AvgIpc) is 3.20. The largest absolute Gasteiger partial charge is 0.453 e. The third-order valence-corrected chi connectivity index (χ3v) is 7.60. The second kappa shape index (κ2) is 12.4. The SMILES string of the molecule is C=C(C)/C=C(\C=C/C)N(C(=O)CN1CCN(C(=O)OC)CC1)C1C(=O)N(C2CCCCC2)c2ccccc21. The second-order valence-corrected chi connectivity index (χ2v) is 10.4. The van der Waals surface area contributed by atoms with Crippen LogP contribution in [0, 0.1) is 0 Å². The van der Waals surface area contributed by atoms with Crippen molar-refractivity contribution >= 4 is 23.6 Å². The highest BCUT2D eigenvalue weighted by molar-refractivity contribution is 6.07. The van der Waals surface area contributed by atoms with Crippen molar-refractivity contribution in [3.63, 3.8) is 0 Å². The minimum atomic E-state index is -0.737. The van der Waals surface area contributed by atoms with Gasteiger partial charge < -0.3 is 14.5 Å². The lowest BCUT2D eigenvalue weighted by molar-refractivity contribution is -0.138. The van der Waals surface area contributed by atoms with Crippen LogP contribution in [0.2, 0.25) is 0 Å². The summed E-state index contributed by atoms with van der Waals surface area (Å²) in [6.07, 6.45) is 10.7. The number of benzene rings is 1. The van der Waals surface area contributed by atoms with Crippen LogP contribution in [0.5, 0.6) is 0 Å². The predicted molar refractivity (Wildman–Crippen MR) is 149 cm³/mol. The number of ether oxygens (including phenoxy) is 1. The molecule has 38 heavy (non-hydrogen) atoms.